The zero-order valence-electron chi connectivity index (χ0n) is 13.3. The van der Waals surface area contributed by atoms with Crippen molar-refractivity contribution in [3.8, 4) is 0 Å². The first-order chi connectivity index (χ1) is 9.34. The van der Waals surface area contributed by atoms with Crippen LogP contribution < -0.4 is 5.32 Å². The zero-order chi connectivity index (χ0) is 14.9. The first kappa shape index (κ1) is 16.0. The van der Waals surface area contributed by atoms with Crippen molar-refractivity contribution in [2.45, 2.75) is 58.7 Å². The number of rotatable bonds is 3. The summed E-state index contributed by atoms with van der Waals surface area (Å²) in [5, 5.41) is 8.24. The molecule has 1 atom stereocenters. The fraction of sp³-hybridized carbons (Fsp3) is 0.800. The van der Waals surface area contributed by atoms with Crippen LogP contribution in [0, 0.1) is 0 Å². The van der Waals surface area contributed by atoms with Gasteiger partial charge < -0.3 is 5.32 Å². The average molecular weight is 343 g/mol. The summed E-state index contributed by atoms with van der Waals surface area (Å²) < 4.78 is 3.21. The van der Waals surface area contributed by atoms with E-state index in [1.807, 2.05) is 11.7 Å². The number of aromatic nitrogens is 2. The topological polar surface area (TPSA) is 33.1 Å². The van der Waals surface area contributed by atoms with Gasteiger partial charge in [-0.3, -0.25) is 9.58 Å². The van der Waals surface area contributed by atoms with E-state index in [-0.39, 0.29) is 5.54 Å². The van der Waals surface area contributed by atoms with Gasteiger partial charge in [0.2, 0.25) is 0 Å². The summed E-state index contributed by atoms with van der Waals surface area (Å²) in [6, 6.07) is 0.594. The van der Waals surface area contributed by atoms with Crippen LogP contribution in [0.5, 0.6) is 0 Å². The highest BCUT2D eigenvalue weighted by Gasteiger charge is 2.29. The van der Waals surface area contributed by atoms with E-state index in [2.05, 4.69) is 58.9 Å². The van der Waals surface area contributed by atoms with Crippen molar-refractivity contribution in [3.05, 3.63) is 15.9 Å². The van der Waals surface area contributed by atoms with Crippen molar-refractivity contribution in [1.82, 2.24) is 20.0 Å². The normalized spacial score (nSPS) is 23.8. The number of nitrogens with zero attached hydrogens (tertiary/aromatic N) is 3. The van der Waals surface area contributed by atoms with Gasteiger partial charge >= 0.3 is 0 Å². The molecule has 2 heterocycles. The van der Waals surface area contributed by atoms with Gasteiger partial charge in [-0.25, -0.2) is 0 Å². The van der Waals surface area contributed by atoms with Crippen LogP contribution in [0.4, 0.5) is 0 Å². The van der Waals surface area contributed by atoms with Crippen LogP contribution in [-0.4, -0.2) is 39.4 Å². The standard InChI is InChI=1S/C15H27BrN4/c1-6-12-14(16)13(19(5)18-12)9-20-10-15(3,4)17-8-7-11(20)2/h11,17H,6-10H2,1-5H3. The summed E-state index contributed by atoms with van der Waals surface area (Å²) in [6.45, 7) is 12.2. The fourth-order valence-corrected chi connectivity index (χ4v) is 3.66. The summed E-state index contributed by atoms with van der Waals surface area (Å²) in [5.41, 5.74) is 2.61. The third-order valence-electron chi connectivity index (χ3n) is 4.24. The molecule has 0 aromatic carbocycles. The number of nitrogens with one attached hydrogen (secondary N) is 1. The van der Waals surface area contributed by atoms with E-state index < -0.39 is 0 Å². The Bertz CT molecular complexity index is 467. The summed E-state index contributed by atoms with van der Waals surface area (Å²) in [6.07, 6.45) is 2.16. The van der Waals surface area contributed by atoms with Crippen LogP contribution >= 0.6 is 15.9 Å². The van der Waals surface area contributed by atoms with Crippen LogP contribution in [0.2, 0.25) is 0 Å². The molecule has 2 rings (SSSR count). The van der Waals surface area contributed by atoms with E-state index in [0.29, 0.717) is 6.04 Å². The third kappa shape index (κ3) is 3.43. The predicted molar refractivity (Wildman–Crippen MR) is 86.9 cm³/mol. The molecule has 1 aromatic rings. The Morgan fingerprint density at radius 2 is 2.15 bits per heavy atom. The van der Waals surface area contributed by atoms with Crippen LogP contribution in [0.1, 0.15) is 45.5 Å². The average Bonchev–Trinajstić information content (AvgIpc) is 2.56. The lowest BCUT2D eigenvalue weighted by atomic mass is 10.1. The third-order valence-corrected chi connectivity index (χ3v) is 5.16. The highest BCUT2D eigenvalue weighted by atomic mass is 79.9. The van der Waals surface area contributed by atoms with Crippen molar-refractivity contribution < 1.29 is 0 Å². The van der Waals surface area contributed by atoms with Crippen LogP contribution in [-0.2, 0) is 20.0 Å². The smallest absolute Gasteiger partial charge is 0.0767 e. The van der Waals surface area contributed by atoms with E-state index in [1.165, 1.54) is 16.6 Å². The summed E-state index contributed by atoms with van der Waals surface area (Å²) in [5.74, 6) is 0. The molecule has 1 aliphatic heterocycles. The minimum Gasteiger partial charge on any atom is -0.310 e. The Hall–Kier alpha value is -0.390. The largest absolute Gasteiger partial charge is 0.310 e. The minimum absolute atomic E-state index is 0.170. The van der Waals surface area contributed by atoms with Gasteiger partial charge in [0.1, 0.15) is 0 Å². The van der Waals surface area contributed by atoms with E-state index in [0.717, 1.165) is 31.7 Å². The molecule has 1 saturated heterocycles. The molecule has 0 spiro atoms. The Kier molecular flexibility index (Phi) is 4.92. The second-order valence-corrected chi connectivity index (χ2v) is 7.33. The summed E-state index contributed by atoms with van der Waals surface area (Å²) in [7, 11) is 2.05. The Balaban J connectivity index is 2.21. The van der Waals surface area contributed by atoms with Crippen molar-refractivity contribution in [1.29, 1.82) is 0 Å². The van der Waals surface area contributed by atoms with Crippen LogP contribution in [0.3, 0.4) is 0 Å². The molecule has 20 heavy (non-hydrogen) atoms. The molecule has 1 N–H and O–H groups in total. The fourth-order valence-electron chi connectivity index (χ4n) is 2.92. The minimum atomic E-state index is 0.170. The molecular formula is C15H27BrN4. The molecule has 0 saturated carbocycles. The Labute approximate surface area is 131 Å². The number of hydrogen-bond donors (Lipinski definition) is 1. The number of halogens is 1. The molecule has 1 fully saturated rings. The second-order valence-electron chi connectivity index (χ2n) is 6.54. The second kappa shape index (κ2) is 6.16. The summed E-state index contributed by atoms with van der Waals surface area (Å²) in [4.78, 5) is 2.57. The molecule has 5 heteroatoms. The Morgan fingerprint density at radius 1 is 1.45 bits per heavy atom. The molecular weight excluding hydrogens is 316 g/mol. The molecule has 0 bridgehead atoms. The first-order valence-electron chi connectivity index (χ1n) is 7.53. The lowest BCUT2D eigenvalue weighted by Crippen LogP contribution is -2.47. The van der Waals surface area contributed by atoms with E-state index in [9.17, 15) is 0 Å². The van der Waals surface area contributed by atoms with E-state index in [1.54, 1.807) is 0 Å². The molecule has 0 radical (unpaired) electrons. The molecule has 0 aliphatic carbocycles. The quantitative estimate of drug-likeness (QED) is 0.916. The van der Waals surface area contributed by atoms with Crippen molar-refractivity contribution in [2.75, 3.05) is 13.1 Å². The highest BCUT2D eigenvalue weighted by molar-refractivity contribution is 9.10. The molecule has 4 nitrogen and oxygen atoms in total. The van der Waals surface area contributed by atoms with Gasteiger partial charge in [-0.1, -0.05) is 6.92 Å². The summed E-state index contributed by atoms with van der Waals surface area (Å²) >= 11 is 3.73. The van der Waals surface area contributed by atoms with Crippen molar-refractivity contribution >= 4 is 15.9 Å². The maximum atomic E-state index is 4.61. The number of aryl methyl sites for hydroxylation is 2. The Morgan fingerprint density at radius 3 is 2.75 bits per heavy atom. The van der Waals surface area contributed by atoms with Crippen molar-refractivity contribution in [2.24, 2.45) is 7.05 Å². The predicted octanol–water partition coefficient (Wildman–Crippen LogP) is 2.71. The zero-order valence-corrected chi connectivity index (χ0v) is 14.9. The van der Waals surface area contributed by atoms with Gasteiger partial charge in [-0.15, -0.1) is 0 Å². The monoisotopic (exact) mass is 342 g/mol. The van der Waals surface area contributed by atoms with Gasteiger partial charge in [-0.05, 0) is 56.1 Å². The molecule has 114 valence electrons. The molecule has 1 unspecified atom stereocenters. The first-order valence-corrected chi connectivity index (χ1v) is 8.32. The van der Waals surface area contributed by atoms with Gasteiger partial charge in [0, 0.05) is 31.7 Å². The van der Waals surface area contributed by atoms with Crippen molar-refractivity contribution in [3.63, 3.8) is 0 Å². The van der Waals surface area contributed by atoms with E-state index in [4.69, 9.17) is 0 Å². The molecule has 1 aromatic heterocycles. The SMILES string of the molecule is CCc1nn(C)c(CN2CC(C)(C)NCCC2C)c1Br. The van der Waals surface area contributed by atoms with Gasteiger partial charge in [0.05, 0.1) is 15.9 Å². The van der Waals surface area contributed by atoms with Crippen LogP contribution in [0.15, 0.2) is 4.47 Å². The molecule has 1 aliphatic rings. The molecule has 0 amide bonds. The van der Waals surface area contributed by atoms with E-state index >= 15 is 0 Å². The maximum Gasteiger partial charge on any atom is 0.0767 e. The van der Waals surface area contributed by atoms with Gasteiger partial charge in [0.15, 0.2) is 0 Å². The van der Waals surface area contributed by atoms with Crippen LogP contribution in [0.25, 0.3) is 0 Å². The number of hydrogen-bond acceptors (Lipinski definition) is 3. The maximum absolute atomic E-state index is 4.61. The lowest BCUT2D eigenvalue weighted by Gasteiger charge is -2.33. The highest BCUT2D eigenvalue weighted by Crippen LogP contribution is 2.25. The van der Waals surface area contributed by atoms with Gasteiger partial charge in [0.25, 0.3) is 0 Å². The lowest BCUT2D eigenvalue weighted by molar-refractivity contribution is 0.168. The van der Waals surface area contributed by atoms with Gasteiger partial charge in [-0.2, -0.15) is 5.10 Å².